The zero-order valence-electron chi connectivity index (χ0n) is 6.16. The first-order chi connectivity index (χ1) is 4.74. The Balaban J connectivity index is 3.41. The molecule has 0 rings (SSSR count). The van der Waals surface area contributed by atoms with Gasteiger partial charge in [0.05, 0.1) is 25.4 Å². The zero-order valence-corrected chi connectivity index (χ0v) is 6.16. The first-order valence-corrected chi connectivity index (χ1v) is 3.31. The summed E-state index contributed by atoms with van der Waals surface area (Å²) in [5, 5.41) is 17.1. The van der Waals surface area contributed by atoms with Crippen molar-refractivity contribution >= 4 is 0 Å². The second-order valence-corrected chi connectivity index (χ2v) is 2.17. The Morgan fingerprint density at radius 1 is 1.40 bits per heavy atom. The molecule has 62 valence electrons. The van der Waals surface area contributed by atoms with Gasteiger partial charge in [-0.25, -0.2) is 0 Å². The maximum Gasteiger partial charge on any atom is 0.0932 e. The summed E-state index contributed by atoms with van der Waals surface area (Å²) in [4.78, 5) is 0. The Bertz CT molecular complexity index is 75.4. The Morgan fingerprint density at radius 3 is 2.30 bits per heavy atom. The maximum absolute atomic E-state index is 8.58. The molecule has 0 radical (unpaired) electrons. The highest BCUT2D eigenvalue weighted by Crippen LogP contribution is 1.94. The van der Waals surface area contributed by atoms with Crippen LogP contribution in [0, 0.1) is 0 Å². The van der Waals surface area contributed by atoms with Gasteiger partial charge in [0, 0.05) is 6.54 Å². The highest BCUT2D eigenvalue weighted by atomic mass is 16.5. The van der Waals surface area contributed by atoms with E-state index in [4.69, 9.17) is 20.7 Å². The molecule has 10 heavy (non-hydrogen) atoms. The van der Waals surface area contributed by atoms with Gasteiger partial charge < -0.3 is 20.7 Å². The fourth-order valence-corrected chi connectivity index (χ4v) is 0.545. The number of aliphatic hydroxyl groups is 2. The lowest BCUT2D eigenvalue weighted by molar-refractivity contribution is -0.0467. The van der Waals surface area contributed by atoms with E-state index in [-0.39, 0.29) is 32.0 Å². The first-order valence-electron chi connectivity index (χ1n) is 3.31. The second-order valence-electron chi connectivity index (χ2n) is 2.17. The fourth-order valence-electron chi connectivity index (χ4n) is 0.545. The van der Waals surface area contributed by atoms with Gasteiger partial charge in [-0.15, -0.1) is 0 Å². The molecule has 0 aliphatic heterocycles. The molecular formula is C6H15NO3. The smallest absolute Gasteiger partial charge is 0.0932 e. The van der Waals surface area contributed by atoms with Gasteiger partial charge in [-0.2, -0.15) is 0 Å². The summed E-state index contributed by atoms with van der Waals surface area (Å²) in [6.45, 7) is 1.86. The number of nitrogens with two attached hydrogens (primary N) is 1. The quantitative estimate of drug-likeness (QED) is 0.454. The minimum atomic E-state index is -0.345. The lowest BCUT2D eigenvalue weighted by Crippen LogP contribution is -2.32. The number of hydrogen-bond acceptors (Lipinski definition) is 4. The summed E-state index contributed by atoms with van der Waals surface area (Å²) in [6, 6.07) is 0. The third-order valence-electron chi connectivity index (χ3n) is 1.15. The van der Waals surface area contributed by atoms with Crippen LogP contribution in [0.4, 0.5) is 0 Å². The Hall–Kier alpha value is -0.160. The van der Waals surface area contributed by atoms with Crippen molar-refractivity contribution in [2.75, 3.05) is 19.8 Å². The normalized spacial score (nSPS) is 16.8. The van der Waals surface area contributed by atoms with Gasteiger partial charge in [0.2, 0.25) is 0 Å². The summed E-state index contributed by atoms with van der Waals surface area (Å²) in [5.74, 6) is 0. The molecule has 4 nitrogen and oxygen atoms in total. The van der Waals surface area contributed by atoms with Gasteiger partial charge in [0.25, 0.3) is 0 Å². The molecule has 0 aromatic carbocycles. The van der Waals surface area contributed by atoms with E-state index in [1.54, 1.807) is 6.92 Å². The van der Waals surface area contributed by atoms with Crippen LogP contribution in [0.5, 0.6) is 0 Å². The molecule has 0 saturated carbocycles. The van der Waals surface area contributed by atoms with Crippen LogP contribution in [0.2, 0.25) is 0 Å². The average molecular weight is 149 g/mol. The van der Waals surface area contributed by atoms with Gasteiger partial charge in [-0.05, 0) is 6.92 Å². The number of hydrogen-bond donors (Lipinski definition) is 3. The van der Waals surface area contributed by atoms with E-state index in [9.17, 15) is 0 Å². The minimum absolute atomic E-state index is 0.0451. The van der Waals surface area contributed by atoms with E-state index in [1.165, 1.54) is 0 Å². The maximum atomic E-state index is 8.58. The Kier molecular flexibility index (Phi) is 5.52. The molecule has 2 atom stereocenters. The van der Waals surface area contributed by atoms with Crippen molar-refractivity contribution in [3.05, 3.63) is 0 Å². The van der Waals surface area contributed by atoms with Crippen molar-refractivity contribution in [1.82, 2.24) is 0 Å². The highest BCUT2D eigenvalue weighted by Gasteiger charge is 2.08. The molecule has 0 unspecified atom stereocenters. The van der Waals surface area contributed by atoms with Crippen LogP contribution in [0.1, 0.15) is 6.92 Å². The van der Waals surface area contributed by atoms with Crippen LogP contribution in [-0.2, 0) is 4.74 Å². The third-order valence-corrected chi connectivity index (χ3v) is 1.15. The summed E-state index contributed by atoms with van der Waals surface area (Å²) < 4.78 is 5.07. The minimum Gasteiger partial charge on any atom is -0.394 e. The van der Waals surface area contributed by atoms with Crippen LogP contribution in [0.25, 0.3) is 0 Å². The number of aliphatic hydroxyl groups excluding tert-OH is 2. The number of ether oxygens (including phenoxy) is 1. The van der Waals surface area contributed by atoms with E-state index in [2.05, 4.69) is 0 Å². The van der Waals surface area contributed by atoms with Crippen molar-refractivity contribution in [2.24, 2.45) is 5.73 Å². The van der Waals surface area contributed by atoms with Crippen LogP contribution < -0.4 is 5.73 Å². The standard InChI is InChI=1S/C6H15NO3/c1-5(3-8)10-6(2-7)4-9/h5-6,8-9H,2-4,7H2,1H3/t5-,6-/m0/s1. The van der Waals surface area contributed by atoms with Crippen LogP contribution in [0.3, 0.4) is 0 Å². The van der Waals surface area contributed by atoms with Gasteiger partial charge in [-0.3, -0.25) is 0 Å². The number of rotatable bonds is 5. The van der Waals surface area contributed by atoms with E-state index in [1.807, 2.05) is 0 Å². The monoisotopic (exact) mass is 149 g/mol. The van der Waals surface area contributed by atoms with E-state index >= 15 is 0 Å². The molecule has 0 aromatic heterocycles. The van der Waals surface area contributed by atoms with Crippen molar-refractivity contribution < 1.29 is 14.9 Å². The van der Waals surface area contributed by atoms with Crippen LogP contribution >= 0.6 is 0 Å². The lowest BCUT2D eigenvalue weighted by Gasteiger charge is -2.17. The molecule has 4 N–H and O–H groups in total. The van der Waals surface area contributed by atoms with Gasteiger partial charge in [0.15, 0.2) is 0 Å². The molecule has 0 aliphatic rings. The summed E-state index contributed by atoms with van der Waals surface area (Å²) in [7, 11) is 0. The van der Waals surface area contributed by atoms with Crippen molar-refractivity contribution in [1.29, 1.82) is 0 Å². The Labute approximate surface area is 60.6 Å². The van der Waals surface area contributed by atoms with Gasteiger partial charge >= 0.3 is 0 Å². The van der Waals surface area contributed by atoms with E-state index < -0.39 is 0 Å². The van der Waals surface area contributed by atoms with Gasteiger partial charge in [-0.1, -0.05) is 0 Å². The first kappa shape index (κ1) is 9.84. The molecule has 0 heterocycles. The van der Waals surface area contributed by atoms with Crippen molar-refractivity contribution in [3.63, 3.8) is 0 Å². The predicted molar refractivity (Wildman–Crippen MR) is 37.6 cm³/mol. The molecule has 0 aliphatic carbocycles. The van der Waals surface area contributed by atoms with Crippen molar-refractivity contribution in [2.45, 2.75) is 19.1 Å². The summed E-state index contributed by atoms with van der Waals surface area (Å²) in [5.41, 5.74) is 5.22. The molecule has 0 bridgehead atoms. The molecule has 0 fully saturated rings. The zero-order chi connectivity index (χ0) is 7.98. The molecular weight excluding hydrogens is 134 g/mol. The van der Waals surface area contributed by atoms with Crippen molar-refractivity contribution in [3.8, 4) is 0 Å². The third kappa shape index (κ3) is 3.79. The summed E-state index contributed by atoms with van der Waals surface area (Å²) >= 11 is 0. The van der Waals surface area contributed by atoms with E-state index in [0.717, 1.165) is 0 Å². The molecule has 0 saturated heterocycles. The fraction of sp³-hybridized carbons (Fsp3) is 1.00. The second kappa shape index (κ2) is 5.61. The molecule has 4 heteroatoms. The van der Waals surface area contributed by atoms with E-state index in [0.29, 0.717) is 0 Å². The topological polar surface area (TPSA) is 75.7 Å². The van der Waals surface area contributed by atoms with Crippen LogP contribution in [0.15, 0.2) is 0 Å². The Morgan fingerprint density at radius 2 is 2.00 bits per heavy atom. The predicted octanol–water partition coefficient (Wildman–Crippen LogP) is -1.30. The highest BCUT2D eigenvalue weighted by molar-refractivity contribution is 4.58. The average Bonchev–Trinajstić information content (AvgIpc) is 1.99. The summed E-state index contributed by atoms with van der Waals surface area (Å²) in [6.07, 6.45) is -0.595. The van der Waals surface area contributed by atoms with Crippen LogP contribution in [-0.4, -0.2) is 42.2 Å². The SMILES string of the molecule is C[C@@H](CO)O[C@@H](CN)CO. The van der Waals surface area contributed by atoms with Gasteiger partial charge in [0.1, 0.15) is 0 Å². The lowest BCUT2D eigenvalue weighted by atomic mass is 10.3. The molecule has 0 spiro atoms. The largest absolute Gasteiger partial charge is 0.394 e. The molecule has 0 aromatic rings. The molecule has 0 amide bonds.